The Morgan fingerprint density at radius 3 is 1.85 bits per heavy atom. The number of rotatable bonds is 2. The van der Waals surface area contributed by atoms with Crippen molar-refractivity contribution in [2.75, 3.05) is 0 Å². The van der Waals surface area contributed by atoms with E-state index < -0.39 is 0 Å². The highest BCUT2D eigenvalue weighted by Gasteiger charge is 2.21. The van der Waals surface area contributed by atoms with E-state index in [0.717, 1.165) is 28.4 Å². The summed E-state index contributed by atoms with van der Waals surface area (Å²) in [6.45, 7) is 2.33. The first kappa shape index (κ1) is 25.6. The van der Waals surface area contributed by atoms with Crippen LogP contribution in [0.2, 0.25) is 0 Å². The van der Waals surface area contributed by atoms with Crippen molar-refractivity contribution in [2.24, 2.45) is 0 Å². The van der Waals surface area contributed by atoms with Gasteiger partial charge in [-0.05, 0) is 125 Å². The summed E-state index contributed by atoms with van der Waals surface area (Å²) in [4.78, 5) is 0. The molecule has 0 fully saturated rings. The van der Waals surface area contributed by atoms with Crippen LogP contribution in [0, 0.1) is 0 Å². The van der Waals surface area contributed by atoms with Crippen LogP contribution < -0.4 is 0 Å². The monoisotopic (exact) mass is 586 g/mol. The van der Waals surface area contributed by atoms with E-state index in [1.165, 1.54) is 76.5 Å². The van der Waals surface area contributed by atoms with Gasteiger partial charge in [0.1, 0.15) is 11.2 Å². The molecule has 1 heterocycles. The molecule has 1 atom stereocenters. The van der Waals surface area contributed by atoms with Gasteiger partial charge in [0, 0.05) is 10.8 Å². The molecule has 0 saturated carbocycles. The number of hydrogen-bond donors (Lipinski definition) is 0. The van der Waals surface area contributed by atoms with Gasteiger partial charge >= 0.3 is 0 Å². The highest BCUT2D eigenvalue weighted by atomic mass is 16.3. The zero-order chi connectivity index (χ0) is 30.4. The Hall–Kier alpha value is -5.66. The van der Waals surface area contributed by atoms with Crippen LogP contribution in [0.15, 0.2) is 144 Å². The van der Waals surface area contributed by atoms with Crippen LogP contribution in [-0.4, -0.2) is 0 Å². The van der Waals surface area contributed by atoms with E-state index in [9.17, 15) is 0 Å². The molecule has 1 aliphatic carbocycles. The first-order valence-electron chi connectivity index (χ1n) is 16.2. The van der Waals surface area contributed by atoms with Crippen LogP contribution in [0.3, 0.4) is 0 Å². The Balaban J connectivity index is 1.37. The highest BCUT2D eigenvalue weighted by molar-refractivity contribution is 6.25. The molecule has 1 heteroatoms. The predicted octanol–water partition coefficient (Wildman–Crippen LogP) is 13.1. The molecule has 216 valence electrons. The number of benzene rings is 8. The Kier molecular flexibility index (Phi) is 5.39. The molecular weight excluding hydrogens is 556 g/mol. The minimum atomic E-state index is 0.532. The van der Waals surface area contributed by atoms with Gasteiger partial charge in [0.05, 0.1) is 0 Å². The van der Waals surface area contributed by atoms with E-state index in [0.29, 0.717) is 5.92 Å². The lowest BCUT2D eigenvalue weighted by atomic mass is 9.82. The molecule has 9 aromatic rings. The molecule has 0 amide bonds. The van der Waals surface area contributed by atoms with Crippen LogP contribution >= 0.6 is 0 Å². The Labute approximate surface area is 267 Å². The van der Waals surface area contributed by atoms with E-state index in [1.807, 2.05) is 0 Å². The first-order chi connectivity index (χ1) is 22.7. The maximum atomic E-state index is 6.66. The minimum Gasteiger partial charge on any atom is -0.456 e. The van der Waals surface area contributed by atoms with Crippen LogP contribution in [0.4, 0.5) is 0 Å². The first-order valence-corrected chi connectivity index (χ1v) is 16.2. The molecule has 10 rings (SSSR count). The maximum Gasteiger partial charge on any atom is 0.136 e. The molecule has 1 aromatic heterocycles. The molecule has 0 saturated heterocycles. The molecule has 1 unspecified atom stereocenters. The Bertz CT molecular complexity index is 2740. The van der Waals surface area contributed by atoms with Gasteiger partial charge in [-0.25, -0.2) is 0 Å². The standard InChI is InChI=1S/C45H30O/c1-27-9-8-14-32-22-34(19-20-35(27)32)44-36-15-6-7-16-37(36)45(33-18-17-28-10-2-3-11-29(28)21-33)41-26-43-39(25-40(41)44)38-23-30-12-4-5-13-31(30)24-42(38)46-43/h2-8,10-27H,9H2,1H3. The fraction of sp³-hybridized carbons (Fsp3) is 0.0667. The fourth-order valence-corrected chi connectivity index (χ4v) is 7.95. The van der Waals surface area contributed by atoms with Crippen molar-refractivity contribution < 1.29 is 4.42 Å². The summed E-state index contributed by atoms with van der Waals surface area (Å²) in [6, 6.07) is 49.3. The van der Waals surface area contributed by atoms with Gasteiger partial charge in [0.2, 0.25) is 0 Å². The zero-order valence-electron chi connectivity index (χ0n) is 25.5. The number of fused-ring (bicyclic) bond motifs is 8. The molecule has 0 bridgehead atoms. The van der Waals surface area contributed by atoms with Gasteiger partial charge in [-0.1, -0.05) is 116 Å². The normalized spacial score (nSPS) is 14.7. The fourth-order valence-electron chi connectivity index (χ4n) is 7.95. The second-order valence-corrected chi connectivity index (χ2v) is 12.9. The number of allylic oxidation sites excluding steroid dienone is 1. The topological polar surface area (TPSA) is 13.1 Å². The van der Waals surface area contributed by atoms with E-state index >= 15 is 0 Å². The van der Waals surface area contributed by atoms with Gasteiger partial charge in [0.25, 0.3) is 0 Å². The van der Waals surface area contributed by atoms with Crippen molar-refractivity contribution in [3.8, 4) is 22.3 Å². The van der Waals surface area contributed by atoms with Crippen molar-refractivity contribution in [3.05, 3.63) is 151 Å². The molecule has 1 nitrogen and oxygen atoms in total. The highest BCUT2D eigenvalue weighted by Crippen LogP contribution is 2.47. The van der Waals surface area contributed by atoms with Gasteiger partial charge in [-0.15, -0.1) is 0 Å². The summed E-state index contributed by atoms with van der Waals surface area (Å²) in [5, 5.41) is 12.2. The average molecular weight is 587 g/mol. The van der Waals surface area contributed by atoms with Crippen LogP contribution in [0.1, 0.15) is 30.4 Å². The lowest BCUT2D eigenvalue weighted by Crippen LogP contribution is -2.00. The second-order valence-electron chi connectivity index (χ2n) is 12.9. The molecular formula is C45H30O. The third kappa shape index (κ3) is 3.75. The van der Waals surface area contributed by atoms with Crippen molar-refractivity contribution in [1.29, 1.82) is 0 Å². The van der Waals surface area contributed by atoms with Crippen molar-refractivity contribution in [2.45, 2.75) is 19.3 Å². The molecule has 0 aliphatic heterocycles. The SMILES string of the molecule is CC1CC=Cc2cc(-c3c4ccccc4c(-c4ccc5ccccc5c4)c4cc5oc6cc7ccccc7cc6c5cc34)ccc21. The molecule has 8 aromatic carbocycles. The lowest BCUT2D eigenvalue weighted by Gasteiger charge is -2.21. The van der Waals surface area contributed by atoms with E-state index in [2.05, 4.69) is 153 Å². The summed E-state index contributed by atoms with van der Waals surface area (Å²) in [6.07, 6.45) is 5.72. The quantitative estimate of drug-likeness (QED) is 0.184. The molecule has 0 N–H and O–H groups in total. The summed E-state index contributed by atoms with van der Waals surface area (Å²) in [7, 11) is 0. The lowest BCUT2D eigenvalue weighted by molar-refractivity contribution is 0.670. The van der Waals surface area contributed by atoms with Crippen LogP contribution in [-0.2, 0) is 0 Å². The summed E-state index contributed by atoms with van der Waals surface area (Å²) in [5.41, 5.74) is 9.60. The minimum absolute atomic E-state index is 0.532. The smallest absolute Gasteiger partial charge is 0.136 e. The van der Waals surface area contributed by atoms with Gasteiger partial charge < -0.3 is 4.42 Å². The zero-order valence-corrected chi connectivity index (χ0v) is 25.5. The maximum absolute atomic E-state index is 6.66. The average Bonchev–Trinajstić information content (AvgIpc) is 3.44. The molecule has 46 heavy (non-hydrogen) atoms. The Morgan fingerprint density at radius 2 is 1.07 bits per heavy atom. The van der Waals surface area contributed by atoms with Gasteiger partial charge in [0.15, 0.2) is 0 Å². The van der Waals surface area contributed by atoms with Gasteiger partial charge in [-0.3, -0.25) is 0 Å². The van der Waals surface area contributed by atoms with Crippen molar-refractivity contribution in [1.82, 2.24) is 0 Å². The number of furan rings is 1. The van der Waals surface area contributed by atoms with Gasteiger partial charge in [-0.2, -0.15) is 0 Å². The third-order valence-corrected chi connectivity index (χ3v) is 10.2. The molecule has 0 radical (unpaired) electrons. The second kappa shape index (κ2) is 9.67. The molecule has 0 spiro atoms. The van der Waals surface area contributed by atoms with Crippen molar-refractivity contribution >= 4 is 71.1 Å². The Morgan fingerprint density at radius 1 is 0.478 bits per heavy atom. The van der Waals surface area contributed by atoms with Crippen LogP contribution in [0.5, 0.6) is 0 Å². The van der Waals surface area contributed by atoms with E-state index in [1.54, 1.807) is 0 Å². The van der Waals surface area contributed by atoms with Crippen LogP contribution in [0.25, 0.3) is 93.4 Å². The summed E-state index contributed by atoms with van der Waals surface area (Å²) < 4.78 is 6.66. The van der Waals surface area contributed by atoms with E-state index in [-0.39, 0.29) is 0 Å². The van der Waals surface area contributed by atoms with Crippen molar-refractivity contribution in [3.63, 3.8) is 0 Å². The number of hydrogen-bond acceptors (Lipinski definition) is 1. The molecule has 1 aliphatic rings. The summed E-state index contributed by atoms with van der Waals surface area (Å²) >= 11 is 0. The van der Waals surface area contributed by atoms with E-state index in [4.69, 9.17) is 4.42 Å². The third-order valence-electron chi connectivity index (χ3n) is 10.2. The largest absolute Gasteiger partial charge is 0.456 e. The predicted molar refractivity (Wildman–Crippen MR) is 197 cm³/mol. The summed E-state index contributed by atoms with van der Waals surface area (Å²) in [5.74, 6) is 0.532.